The van der Waals surface area contributed by atoms with E-state index in [9.17, 15) is 0 Å². The third-order valence-corrected chi connectivity index (χ3v) is 17.1. The molecule has 7 aliphatic carbocycles. The van der Waals surface area contributed by atoms with Gasteiger partial charge < -0.3 is 0 Å². The van der Waals surface area contributed by atoms with Crippen LogP contribution in [0.5, 0.6) is 0 Å². The molecule has 0 saturated carbocycles. The van der Waals surface area contributed by atoms with E-state index in [1.165, 1.54) is 139 Å². The maximum Gasteiger partial charge on any atom is 0.0753 e. The Labute approximate surface area is 398 Å². The highest BCUT2D eigenvalue weighted by Crippen LogP contribution is 2.64. The fraction of sp³-hybridized carbons (Fsp3) is 0.182. The lowest BCUT2D eigenvalue weighted by atomic mass is 9.71. The molecule has 0 radical (unpaired) electrons. The number of hydrogen-bond acceptors (Lipinski definition) is 2. The molecule has 324 valence electrons. The van der Waals surface area contributed by atoms with Crippen LogP contribution in [0.4, 0.5) is 0 Å². The van der Waals surface area contributed by atoms with Crippen LogP contribution in [0.15, 0.2) is 163 Å². The second-order valence-corrected chi connectivity index (χ2v) is 21.6. The maximum atomic E-state index is 5.95. The van der Waals surface area contributed by atoms with E-state index in [1.807, 2.05) is 0 Å². The number of aryl methyl sites for hydroxylation is 2. The predicted octanol–water partition coefficient (Wildman–Crippen LogP) is 16.8. The summed E-state index contributed by atoms with van der Waals surface area (Å²) < 4.78 is 0. The van der Waals surface area contributed by atoms with Crippen molar-refractivity contribution in [2.24, 2.45) is 11.8 Å². The number of hydrogen-bond donors (Lipinski definition) is 0. The molecule has 68 heavy (non-hydrogen) atoms. The number of aromatic nitrogens is 2. The Morgan fingerprint density at radius 1 is 0.515 bits per heavy atom. The highest BCUT2D eigenvalue weighted by molar-refractivity contribution is 6.31. The molecule has 2 nitrogen and oxygen atoms in total. The molecule has 0 aliphatic heterocycles. The topological polar surface area (TPSA) is 25.8 Å². The minimum absolute atomic E-state index is 0.103. The third kappa shape index (κ3) is 4.83. The number of nitrogens with zero attached hydrogens (tertiary/aromatic N) is 2. The van der Waals surface area contributed by atoms with Gasteiger partial charge in [-0.25, -0.2) is 9.97 Å². The van der Waals surface area contributed by atoms with Gasteiger partial charge in [-0.2, -0.15) is 0 Å². The lowest BCUT2D eigenvalue weighted by Crippen LogP contribution is -2.18. The van der Waals surface area contributed by atoms with Crippen LogP contribution >= 0.6 is 0 Å². The van der Waals surface area contributed by atoms with Gasteiger partial charge in [-0.1, -0.05) is 178 Å². The molecule has 2 heterocycles. The van der Waals surface area contributed by atoms with Crippen LogP contribution in [-0.4, -0.2) is 9.97 Å². The van der Waals surface area contributed by atoms with E-state index in [2.05, 4.69) is 199 Å². The molecule has 0 fully saturated rings. The summed E-state index contributed by atoms with van der Waals surface area (Å²) in [4.78, 5) is 11.8. The molecule has 8 aromatic rings. The normalized spacial score (nSPS) is 19.8. The molecule has 0 spiro atoms. The number of pyridine rings is 2. The van der Waals surface area contributed by atoms with Gasteiger partial charge in [0, 0.05) is 44.7 Å². The smallest absolute Gasteiger partial charge is 0.0753 e. The zero-order valence-electron chi connectivity index (χ0n) is 39.5. The number of benzene rings is 6. The standard InChI is InChI=1S/C66H50N2/c1-35-31-36(2)33-37(32-35)38-25-26-47-56-41(38)19-13-22-46(56)61-60(47)59(54-29-27-52-63(67-54)43-17-9-11-23-50(43)65(52,3)4)49-34-48-40-16-8-7-15-39(40)42-20-14-21-45(57(42)48)58(49)62(61)55-30-28-53-64(68-55)44-18-10-12-24-51(44)66(53,5)6/h7-9,11-17,19-34,41,56H,10,18H2,1-6H3. The van der Waals surface area contributed by atoms with Crippen molar-refractivity contribution in [1.82, 2.24) is 9.97 Å². The van der Waals surface area contributed by atoms with E-state index in [0.717, 1.165) is 29.9 Å². The molecule has 0 N–H and O–H groups in total. The van der Waals surface area contributed by atoms with Crippen molar-refractivity contribution in [2.75, 3.05) is 0 Å². The Morgan fingerprint density at radius 2 is 1.18 bits per heavy atom. The van der Waals surface area contributed by atoms with Gasteiger partial charge in [-0.3, -0.25) is 0 Å². The van der Waals surface area contributed by atoms with Crippen LogP contribution in [-0.2, 0) is 10.8 Å². The third-order valence-electron chi connectivity index (χ3n) is 17.1. The van der Waals surface area contributed by atoms with Crippen molar-refractivity contribution in [3.05, 3.63) is 214 Å². The van der Waals surface area contributed by atoms with Crippen molar-refractivity contribution in [3.8, 4) is 56.0 Å². The monoisotopic (exact) mass is 870 g/mol. The quantitative estimate of drug-likeness (QED) is 0.165. The zero-order valence-corrected chi connectivity index (χ0v) is 39.5. The molecule has 6 aromatic carbocycles. The second kappa shape index (κ2) is 13.2. The first kappa shape index (κ1) is 38.7. The van der Waals surface area contributed by atoms with Gasteiger partial charge in [-0.15, -0.1) is 0 Å². The summed E-state index contributed by atoms with van der Waals surface area (Å²) in [6.45, 7) is 13.9. The summed E-state index contributed by atoms with van der Waals surface area (Å²) in [5, 5.41) is 5.12. The summed E-state index contributed by atoms with van der Waals surface area (Å²) in [6.07, 6.45) is 19.0. The van der Waals surface area contributed by atoms with Crippen molar-refractivity contribution in [1.29, 1.82) is 0 Å². The lowest BCUT2D eigenvalue weighted by molar-refractivity contribution is 0.649. The average molecular weight is 871 g/mol. The molecule has 15 rings (SSSR count). The van der Waals surface area contributed by atoms with E-state index in [0.29, 0.717) is 0 Å². The first-order chi connectivity index (χ1) is 33.1. The SMILES string of the molecule is Cc1cc(C)cc(C2=CC=C3c4c(c(-c5ccc6c(n5)C5=C(C=CCC5)C6(C)C)c5c(cc6c7c(cccc75)-c5ccccc5-6)c4-c4ccc5c(n4)-c4ccccc4C5(C)C)C4=CC=CC2C34)c1. The Morgan fingerprint density at radius 3 is 1.99 bits per heavy atom. The predicted molar refractivity (Wildman–Crippen MR) is 284 cm³/mol. The second-order valence-electron chi connectivity index (χ2n) is 21.6. The van der Waals surface area contributed by atoms with E-state index in [4.69, 9.17) is 9.97 Å². The van der Waals surface area contributed by atoms with E-state index in [1.54, 1.807) is 0 Å². The molecule has 0 bridgehead atoms. The first-order valence-corrected chi connectivity index (χ1v) is 24.7. The molecule has 0 amide bonds. The molecular formula is C66H50N2. The van der Waals surface area contributed by atoms with E-state index < -0.39 is 0 Å². The van der Waals surface area contributed by atoms with Gasteiger partial charge in [0.2, 0.25) is 0 Å². The average Bonchev–Trinajstić information content (AvgIpc) is 4.01. The molecule has 2 unspecified atom stereocenters. The molecule has 2 aromatic heterocycles. The van der Waals surface area contributed by atoms with Crippen molar-refractivity contribution < 1.29 is 0 Å². The van der Waals surface area contributed by atoms with Crippen LogP contribution in [0.25, 0.3) is 99.9 Å². The first-order valence-electron chi connectivity index (χ1n) is 24.7. The van der Waals surface area contributed by atoms with Crippen molar-refractivity contribution in [2.45, 2.75) is 65.2 Å². The maximum absolute atomic E-state index is 5.95. The summed E-state index contributed by atoms with van der Waals surface area (Å²) in [5.74, 6) is 0.313. The number of rotatable bonds is 3. The van der Waals surface area contributed by atoms with Crippen molar-refractivity contribution in [3.63, 3.8) is 0 Å². The molecule has 7 aliphatic rings. The fourth-order valence-electron chi connectivity index (χ4n) is 14.2. The van der Waals surface area contributed by atoms with Gasteiger partial charge in [0.05, 0.1) is 22.8 Å². The summed E-state index contributed by atoms with van der Waals surface area (Å²) >= 11 is 0. The fourth-order valence-corrected chi connectivity index (χ4v) is 14.2. The summed E-state index contributed by atoms with van der Waals surface area (Å²) in [5.41, 5.74) is 30.5. The van der Waals surface area contributed by atoms with Gasteiger partial charge in [0.25, 0.3) is 0 Å². The number of fused-ring (bicyclic) bond motifs is 13. The van der Waals surface area contributed by atoms with Gasteiger partial charge in [0.1, 0.15) is 0 Å². The van der Waals surface area contributed by atoms with Crippen LogP contribution in [0.1, 0.15) is 90.7 Å². The molecule has 2 heteroatoms. The van der Waals surface area contributed by atoms with Gasteiger partial charge >= 0.3 is 0 Å². The largest absolute Gasteiger partial charge is 0.248 e. The molecule has 2 atom stereocenters. The number of allylic oxidation sites excluding steroid dienone is 12. The van der Waals surface area contributed by atoms with Crippen molar-refractivity contribution >= 4 is 43.8 Å². The highest BCUT2D eigenvalue weighted by Gasteiger charge is 2.46. The van der Waals surface area contributed by atoms with Crippen LogP contribution < -0.4 is 0 Å². The van der Waals surface area contributed by atoms with Gasteiger partial charge in [0.15, 0.2) is 0 Å². The Kier molecular flexibility index (Phi) is 7.49. The minimum Gasteiger partial charge on any atom is -0.248 e. The van der Waals surface area contributed by atoms with E-state index in [-0.39, 0.29) is 22.7 Å². The van der Waals surface area contributed by atoms with E-state index >= 15 is 0 Å². The molecular weight excluding hydrogens is 821 g/mol. The Balaban J connectivity index is 1.12. The Bertz CT molecular complexity index is 3910. The lowest BCUT2D eigenvalue weighted by Gasteiger charge is -2.32. The van der Waals surface area contributed by atoms with Gasteiger partial charge in [-0.05, 0) is 145 Å². The Hall–Kier alpha value is -7.42. The zero-order chi connectivity index (χ0) is 45.5. The minimum atomic E-state index is -0.148. The summed E-state index contributed by atoms with van der Waals surface area (Å²) in [6, 6.07) is 44.1. The summed E-state index contributed by atoms with van der Waals surface area (Å²) in [7, 11) is 0. The van der Waals surface area contributed by atoms with Crippen LogP contribution in [0.3, 0.4) is 0 Å². The van der Waals surface area contributed by atoms with Crippen LogP contribution in [0.2, 0.25) is 0 Å². The van der Waals surface area contributed by atoms with Crippen LogP contribution in [0, 0.1) is 25.7 Å². The molecule has 0 saturated heterocycles. The highest BCUT2D eigenvalue weighted by atomic mass is 14.8.